The van der Waals surface area contributed by atoms with Gasteiger partial charge in [-0.15, -0.1) is 0 Å². The van der Waals surface area contributed by atoms with Crippen molar-refractivity contribution >= 4 is 17.6 Å². The van der Waals surface area contributed by atoms with Gasteiger partial charge in [0, 0.05) is 42.5 Å². The van der Waals surface area contributed by atoms with Gasteiger partial charge in [-0.25, -0.2) is 4.79 Å². The molecule has 0 saturated carbocycles. The van der Waals surface area contributed by atoms with E-state index in [2.05, 4.69) is 22.5 Å². The smallest absolute Gasteiger partial charge is 0.321 e. The van der Waals surface area contributed by atoms with Crippen molar-refractivity contribution in [1.82, 2.24) is 15.1 Å². The van der Waals surface area contributed by atoms with Gasteiger partial charge >= 0.3 is 6.03 Å². The molecule has 0 radical (unpaired) electrons. The van der Waals surface area contributed by atoms with Crippen LogP contribution in [0.5, 0.6) is 0 Å². The van der Waals surface area contributed by atoms with Crippen LogP contribution in [0.1, 0.15) is 61.4 Å². The Kier molecular flexibility index (Phi) is 5.85. The fourth-order valence-electron chi connectivity index (χ4n) is 4.83. The molecule has 6 nitrogen and oxygen atoms in total. The molecule has 6 heteroatoms. The first-order chi connectivity index (χ1) is 13.6. The molecular formula is C22H32N4O2. The van der Waals surface area contributed by atoms with Crippen molar-refractivity contribution in [2.45, 2.75) is 58.0 Å². The highest BCUT2D eigenvalue weighted by Gasteiger charge is 2.26. The summed E-state index contributed by atoms with van der Waals surface area (Å²) in [6.45, 7) is 6.93. The van der Waals surface area contributed by atoms with Crippen LogP contribution in [0.25, 0.3) is 0 Å². The first-order valence-corrected chi connectivity index (χ1v) is 10.8. The fourth-order valence-corrected chi connectivity index (χ4v) is 4.83. The Morgan fingerprint density at radius 1 is 1.18 bits per heavy atom. The minimum absolute atomic E-state index is 0.0455. The Labute approximate surface area is 167 Å². The summed E-state index contributed by atoms with van der Waals surface area (Å²) in [5, 5.41) is 5.84. The third-order valence-corrected chi connectivity index (χ3v) is 6.75. The largest absolute Gasteiger partial charge is 0.348 e. The molecular weight excluding hydrogens is 352 g/mol. The van der Waals surface area contributed by atoms with Gasteiger partial charge in [-0.2, -0.15) is 0 Å². The highest BCUT2D eigenvalue weighted by Crippen LogP contribution is 2.26. The number of piperidine rings is 2. The summed E-state index contributed by atoms with van der Waals surface area (Å²) in [4.78, 5) is 29.1. The van der Waals surface area contributed by atoms with Crippen molar-refractivity contribution < 1.29 is 9.59 Å². The fraction of sp³-hybridized carbons (Fsp3) is 0.636. The second-order valence-electron chi connectivity index (χ2n) is 8.54. The summed E-state index contributed by atoms with van der Waals surface area (Å²) in [7, 11) is 0. The lowest BCUT2D eigenvalue weighted by Gasteiger charge is -2.36. The number of fused-ring (bicyclic) bond motifs is 1. The first kappa shape index (κ1) is 19.2. The maximum atomic E-state index is 12.7. The summed E-state index contributed by atoms with van der Waals surface area (Å²) in [5.74, 6) is 0.663. The van der Waals surface area contributed by atoms with Gasteiger partial charge in [0.2, 0.25) is 0 Å². The Balaban J connectivity index is 1.25. The number of benzene rings is 1. The molecule has 2 fully saturated rings. The third kappa shape index (κ3) is 4.17. The van der Waals surface area contributed by atoms with Crippen molar-refractivity contribution in [2.75, 3.05) is 31.5 Å². The zero-order chi connectivity index (χ0) is 19.5. The molecule has 0 aliphatic carbocycles. The lowest BCUT2D eigenvalue weighted by molar-refractivity contribution is 0.0965. The average molecular weight is 385 g/mol. The van der Waals surface area contributed by atoms with E-state index in [0.29, 0.717) is 12.1 Å². The number of urea groups is 1. The van der Waals surface area contributed by atoms with Crippen molar-refractivity contribution in [3.8, 4) is 0 Å². The second-order valence-corrected chi connectivity index (χ2v) is 8.54. The number of anilines is 1. The monoisotopic (exact) mass is 384 g/mol. The number of nitrogens with zero attached hydrogens (tertiary/aromatic N) is 2. The molecule has 0 aromatic heterocycles. The molecule has 1 unspecified atom stereocenters. The summed E-state index contributed by atoms with van der Waals surface area (Å²) in [5.41, 5.74) is 2.32. The molecule has 0 bridgehead atoms. The van der Waals surface area contributed by atoms with Crippen LogP contribution in [0.3, 0.4) is 0 Å². The topological polar surface area (TPSA) is 64.7 Å². The Bertz CT molecular complexity index is 727. The number of likely N-dealkylation sites (tertiary alicyclic amines) is 2. The van der Waals surface area contributed by atoms with E-state index in [1.165, 1.54) is 38.8 Å². The van der Waals surface area contributed by atoms with Gasteiger partial charge in [0.15, 0.2) is 0 Å². The normalized spacial score (nSPS) is 23.4. The number of carbonyl (C=O) groups is 2. The SMILES string of the molecule is CC1CCCCN1CCC1CCN(C(=O)Nc2cccc3c2CNC3=O)CC1. The minimum atomic E-state index is -0.0602. The van der Waals surface area contributed by atoms with Crippen molar-refractivity contribution in [3.05, 3.63) is 29.3 Å². The molecule has 152 valence electrons. The van der Waals surface area contributed by atoms with Gasteiger partial charge in [0.25, 0.3) is 5.91 Å². The number of rotatable bonds is 4. The predicted molar refractivity (Wildman–Crippen MR) is 110 cm³/mol. The maximum absolute atomic E-state index is 12.7. The van der Waals surface area contributed by atoms with Crippen LogP contribution in [0.2, 0.25) is 0 Å². The highest BCUT2D eigenvalue weighted by atomic mass is 16.2. The van der Waals surface area contributed by atoms with Crippen LogP contribution in [-0.2, 0) is 6.54 Å². The first-order valence-electron chi connectivity index (χ1n) is 10.8. The molecule has 28 heavy (non-hydrogen) atoms. The molecule has 4 rings (SSSR count). The average Bonchev–Trinajstić information content (AvgIpc) is 3.10. The van der Waals surface area contributed by atoms with E-state index in [-0.39, 0.29) is 11.9 Å². The summed E-state index contributed by atoms with van der Waals surface area (Å²) in [6.07, 6.45) is 7.47. The predicted octanol–water partition coefficient (Wildman–Crippen LogP) is 3.44. The molecule has 1 aromatic carbocycles. The number of amides is 3. The van der Waals surface area contributed by atoms with Crippen molar-refractivity contribution in [1.29, 1.82) is 0 Å². The third-order valence-electron chi connectivity index (χ3n) is 6.75. The lowest BCUT2D eigenvalue weighted by Crippen LogP contribution is -2.42. The van der Waals surface area contributed by atoms with Crippen LogP contribution in [0.15, 0.2) is 18.2 Å². The quantitative estimate of drug-likeness (QED) is 0.836. The molecule has 1 atom stereocenters. The van der Waals surface area contributed by atoms with E-state index in [0.717, 1.165) is 49.1 Å². The molecule has 0 spiro atoms. The molecule has 1 aromatic rings. The van der Waals surface area contributed by atoms with Crippen molar-refractivity contribution in [2.24, 2.45) is 5.92 Å². The van der Waals surface area contributed by atoms with Crippen LogP contribution in [-0.4, -0.2) is 54.0 Å². The van der Waals surface area contributed by atoms with Gasteiger partial charge in [-0.05, 0) is 70.2 Å². The van der Waals surface area contributed by atoms with Gasteiger partial charge in [0.1, 0.15) is 0 Å². The Morgan fingerprint density at radius 3 is 2.79 bits per heavy atom. The van der Waals surface area contributed by atoms with Gasteiger partial charge in [-0.3, -0.25) is 4.79 Å². The Hall–Kier alpha value is -2.08. The zero-order valence-electron chi connectivity index (χ0n) is 16.9. The molecule has 2 saturated heterocycles. The van der Waals surface area contributed by atoms with Crippen LogP contribution in [0, 0.1) is 5.92 Å². The number of hydrogen-bond donors (Lipinski definition) is 2. The number of carbonyl (C=O) groups excluding carboxylic acids is 2. The van der Waals surface area contributed by atoms with Gasteiger partial charge < -0.3 is 20.4 Å². The molecule has 3 aliphatic rings. The molecule has 2 N–H and O–H groups in total. The van der Waals surface area contributed by atoms with Crippen LogP contribution in [0.4, 0.5) is 10.5 Å². The van der Waals surface area contributed by atoms with E-state index in [1.54, 1.807) is 0 Å². The second kappa shape index (κ2) is 8.52. The van der Waals surface area contributed by atoms with Crippen LogP contribution < -0.4 is 10.6 Å². The standard InChI is InChI=1S/C22H32N4O2/c1-16-5-2-3-11-25(16)12-8-17-9-13-26(14-10-17)22(28)24-20-7-4-6-18-19(20)15-23-21(18)27/h4,6-7,16-17H,2-3,5,8-15H2,1H3,(H,23,27)(H,24,28). The van der Waals surface area contributed by atoms with Crippen molar-refractivity contribution in [3.63, 3.8) is 0 Å². The lowest BCUT2D eigenvalue weighted by atomic mass is 9.92. The van der Waals surface area contributed by atoms with E-state index in [4.69, 9.17) is 0 Å². The van der Waals surface area contributed by atoms with E-state index in [1.807, 2.05) is 23.1 Å². The summed E-state index contributed by atoms with van der Waals surface area (Å²) in [6, 6.07) is 6.20. The summed E-state index contributed by atoms with van der Waals surface area (Å²) >= 11 is 0. The van der Waals surface area contributed by atoms with E-state index < -0.39 is 0 Å². The number of nitrogens with one attached hydrogen (secondary N) is 2. The Morgan fingerprint density at radius 2 is 2.00 bits per heavy atom. The highest BCUT2D eigenvalue weighted by molar-refractivity contribution is 6.01. The molecule has 3 amide bonds. The number of hydrogen-bond acceptors (Lipinski definition) is 3. The summed E-state index contributed by atoms with van der Waals surface area (Å²) < 4.78 is 0. The van der Waals surface area contributed by atoms with Gasteiger partial charge in [-0.1, -0.05) is 12.5 Å². The van der Waals surface area contributed by atoms with E-state index in [9.17, 15) is 9.59 Å². The molecule has 3 aliphatic heterocycles. The minimum Gasteiger partial charge on any atom is -0.348 e. The zero-order valence-corrected chi connectivity index (χ0v) is 16.9. The maximum Gasteiger partial charge on any atom is 0.321 e. The molecule has 3 heterocycles. The van der Waals surface area contributed by atoms with Gasteiger partial charge in [0.05, 0.1) is 0 Å². The van der Waals surface area contributed by atoms with Crippen LogP contribution >= 0.6 is 0 Å². The van der Waals surface area contributed by atoms with E-state index >= 15 is 0 Å².